The molecule has 0 amide bonds. The van der Waals surface area contributed by atoms with Crippen LogP contribution >= 0.6 is 0 Å². The highest BCUT2D eigenvalue weighted by Gasteiger charge is 2.13. The van der Waals surface area contributed by atoms with Crippen LogP contribution in [0.2, 0.25) is 0 Å². The zero-order valence-electron chi connectivity index (χ0n) is 9.18. The first-order valence-electron chi connectivity index (χ1n) is 4.63. The van der Waals surface area contributed by atoms with Crippen LogP contribution in [0.25, 0.3) is 11.2 Å². The largest absolute Gasteiger partial charge is 0.344 e. The van der Waals surface area contributed by atoms with Crippen LogP contribution in [0.3, 0.4) is 0 Å². The topological polar surface area (TPSA) is 61.8 Å². The average Bonchev–Trinajstić information content (AvgIpc) is 2.64. The van der Waals surface area contributed by atoms with Crippen molar-refractivity contribution in [1.82, 2.24) is 18.7 Å². The highest BCUT2D eigenvalue weighted by atomic mass is 16.2. The van der Waals surface area contributed by atoms with E-state index in [-0.39, 0.29) is 0 Å². The van der Waals surface area contributed by atoms with E-state index in [1.165, 1.54) is 10.9 Å². The molecule has 0 N–H and O–H groups in total. The standard InChI is InChI=1S/C10H10N4O2/c1-4-5-14-9(15)7-8(11-6-12(7)2)13(3)10(14)16/h6H,1-3H3. The smallest absolute Gasteiger partial charge is 0.328 e. The van der Waals surface area contributed by atoms with Gasteiger partial charge in [-0.3, -0.25) is 9.36 Å². The molecular weight excluding hydrogens is 208 g/mol. The van der Waals surface area contributed by atoms with E-state index in [2.05, 4.69) is 16.9 Å². The first-order chi connectivity index (χ1) is 7.57. The molecule has 6 nitrogen and oxygen atoms in total. The molecule has 0 bridgehead atoms. The Morgan fingerprint density at radius 1 is 1.31 bits per heavy atom. The van der Waals surface area contributed by atoms with Gasteiger partial charge in [-0.15, -0.1) is 0 Å². The molecule has 0 saturated carbocycles. The van der Waals surface area contributed by atoms with E-state index in [4.69, 9.17) is 0 Å². The summed E-state index contributed by atoms with van der Waals surface area (Å²) in [6.07, 6.45) is 1.50. The van der Waals surface area contributed by atoms with Crippen molar-refractivity contribution in [1.29, 1.82) is 0 Å². The molecule has 0 aliphatic carbocycles. The van der Waals surface area contributed by atoms with Crippen LogP contribution < -0.4 is 11.2 Å². The monoisotopic (exact) mass is 218 g/mol. The molecule has 2 heterocycles. The molecule has 16 heavy (non-hydrogen) atoms. The van der Waals surface area contributed by atoms with E-state index in [0.29, 0.717) is 11.2 Å². The summed E-state index contributed by atoms with van der Waals surface area (Å²) in [5, 5.41) is 0. The predicted octanol–water partition coefficient (Wildman–Crippen LogP) is -0.737. The molecule has 2 aromatic rings. The number of hydrogen-bond donors (Lipinski definition) is 0. The highest BCUT2D eigenvalue weighted by molar-refractivity contribution is 5.70. The minimum atomic E-state index is -0.481. The van der Waals surface area contributed by atoms with Crippen molar-refractivity contribution < 1.29 is 0 Å². The van der Waals surface area contributed by atoms with Gasteiger partial charge >= 0.3 is 5.69 Å². The lowest BCUT2D eigenvalue weighted by Gasteiger charge is -2.02. The van der Waals surface area contributed by atoms with E-state index >= 15 is 0 Å². The van der Waals surface area contributed by atoms with Crippen molar-refractivity contribution in [3.05, 3.63) is 27.2 Å². The fourth-order valence-electron chi connectivity index (χ4n) is 1.55. The summed E-state index contributed by atoms with van der Waals surface area (Å²) < 4.78 is 3.77. The molecule has 0 aliphatic rings. The van der Waals surface area contributed by atoms with Gasteiger partial charge in [-0.1, -0.05) is 5.92 Å². The third kappa shape index (κ3) is 1.18. The van der Waals surface area contributed by atoms with E-state index < -0.39 is 11.2 Å². The SMILES string of the molecule is CC#Cn1c(=O)c2c(ncn2C)n(C)c1=O. The lowest BCUT2D eigenvalue weighted by atomic mass is 10.5. The molecule has 0 spiro atoms. The van der Waals surface area contributed by atoms with Crippen LogP contribution in [0.1, 0.15) is 6.92 Å². The molecule has 0 saturated heterocycles. The average molecular weight is 218 g/mol. The maximum Gasteiger partial charge on any atom is 0.344 e. The highest BCUT2D eigenvalue weighted by Crippen LogP contribution is 2.01. The molecule has 0 radical (unpaired) electrons. The van der Waals surface area contributed by atoms with Gasteiger partial charge in [-0.2, -0.15) is 4.57 Å². The summed E-state index contributed by atoms with van der Waals surface area (Å²) in [5.41, 5.74) is -0.186. The number of aromatic nitrogens is 4. The summed E-state index contributed by atoms with van der Waals surface area (Å²) >= 11 is 0. The van der Waals surface area contributed by atoms with Gasteiger partial charge in [0.1, 0.15) is 0 Å². The van der Waals surface area contributed by atoms with Crippen LogP contribution in [-0.4, -0.2) is 18.7 Å². The van der Waals surface area contributed by atoms with Crippen LogP contribution in [0.15, 0.2) is 15.9 Å². The number of aryl methyl sites for hydroxylation is 2. The first kappa shape index (κ1) is 10.2. The second-order valence-corrected chi connectivity index (χ2v) is 3.37. The number of hydrogen-bond acceptors (Lipinski definition) is 3. The molecule has 0 unspecified atom stereocenters. The Hall–Kier alpha value is -2.29. The Labute approximate surface area is 90.8 Å². The number of rotatable bonds is 0. The molecule has 0 fully saturated rings. The van der Waals surface area contributed by atoms with E-state index in [0.717, 1.165) is 4.57 Å². The van der Waals surface area contributed by atoms with E-state index in [1.54, 1.807) is 25.6 Å². The summed E-state index contributed by atoms with van der Waals surface area (Å²) in [4.78, 5) is 27.7. The van der Waals surface area contributed by atoms with Crippen LogP contribution in [0.4, 0.5) is 0 Å². The minimum Gasteiger partial charge on any atom is -0.328 e. The van der Waals surface area contributed by atoms with E-state index in [1.807, 2.05) is 0 Å². The molecule has 82 valence electrons. The molecular formula is C10H10N4O2. The van der Waals surface area contributed by atoms with Gasteiger partial charge in [0, 0.05) is 20.1 Å². The summed E-state index contributed by atoms with van der Waals surface area (Å²) in [5.74, 6) is 2.54. The fourth-order valence-corrected chi connectivity index (χ4v) is 1.55. The maximum absolute atomic E-state index is 12.0. The zero-order valence-corrected chi connectivity index (χ0v) is 9.18. The van der Waals surface area contributed by atoms with Gasteiger partial charge in [0.25, 0.3) is 5.56 Å². The summed E-state index contributed by atoms with van der Waals surface area (Å²) in [6.45, 7) is 1.57. The third-order valence-corrected chi connectivity index (χ3v) is 2.34. The molecule has 2 rings (SSSR count). The number of nitrogens with zero attached hydrogens (tertiary/aromatic N) is 4. The first-order valence-corrected chi connectivity index (χ1v) is 4.63. The predicted molar refractivity (Wildman–Crippen MR) is 59.1 cm³/mol. The molecule has 0 atom stereocenters. The Balaban J connectivity index is 3.14. The maximum atomic E-state index is 12.0. The second kappa shape index (κ2) is 3.38. The second-order valence-electron chi connectivity index (χ2n) is 3.37. The quantitative estimate of drug-likeness (QED) is 0.547. The Morgan fingerprint density at radius 3 is 2.62 bits per heavy atom. The normalized spacial score (nSPS) is 10.2. The number of imidazole rings is 1. The van der Waals surface area contributed by atoms with Crippen molar-refractivity contribution >= 4 is 11.2 Å². The van der Waals surface area contributed by atoms with Crippen LogP contribution in [-0.2, 0) is 14.1 Å². The van der Waals surface area contributed by atoms with Crippen LogP contribution in [0.5, 0.6) is 0 Å². The lowest BCUT2D eigenvalue weighted by Crippen LogP contribution is -2.37. The van der Waals surface area contributed by atoms with Gasteiger partial charge in [-0.05, 0) is 6.92 Å². The van der Waals surface area contributed by atoms with Gasteiger partial charge in [0.05, 0.1) is 6.33 Å². The molecule has 0 aliphatic heterocycles. The van der Waals surface area contributed by atoms with Crippen molar-refractivity contribution in [2.75, 3.05) is 0 Å². The summed E-state index contributed by atoms with van der Waals surface area (Å²) in [7, 11) is 3.26. The van der Waals surface area contributed by atoms with Crippen LogP contribution in [0, 0.1) is 12.0 Å². The van der Waals surface area contributed by atoms with Crippen molar-refractivity contribution in [3.8, 4) is 12.0 Å². The van der Waals surface area contributed by atoms with Crippen molar-refractivity contribution in [2.45, 2.75) is 6.92 Å². The Morgan fingerprint density at radius 2 is 2.00 bits per heavy atom. The van der Waals surface area contributed by atoms with E-state index in [9.17, 15) is 9.59 Å². The molecule has 2 aromatic heterocycles. The van der Waals surface area contributed by atoms with Gasteiger partial charge in [-0.25, -0.2) is 9.78 Å². The van der Waals surface area contributed by atoms with Gasteiger partial charge in [0.15, 0.2) is 11.2 Å². The lowest BCUT2D eigenvalue weighted by molar-refractivity contribution is 0.776. The zero-order chi connectivity index (χ0) is 11.9. The van der Waals surface area contributed by atoms with Crippen molar-refractivity contribution in [2.24, 2.45) is 14.1 Å². The fraction of sp³-hybridized carbons (Fsp3) is 0.300. The van der Waals surface area contributed by atoms with Gasteiger partial charge < -0.3 is 4.57 Å². The Kier molecular flexibility index (Phi) is 2.16. The molecule has 6 heteroatoms. The Bertz CT molecular complexity index is 736. The third-order valence-electron chi connectivity index (χ3n) is 2.34. The van der Waals surface area contributed by atoms with Gasteiger partial charge in [0.2, 0.25) is 0 Å². The van der Waals surface area contributed by atoms with Crippen molar-refractivity contribution in [3.63, 3.8) is 0 Å². The number of fused-ring (bicyclic) bond motifs is 1. The summed E-state index contributed by atoms with van der Waals surface area (Å²) in [6, 6.07) is 2.47. The molecule has 0 aromatic carbocycles. The minimum absolute atomic E-state index is 0.366.